The number of hydrogen-bond donors (Lipinski definition) is 2. The molecule has 3 rings (SSSR count). The lowest BCUT2D eigenvalue weighted by Gasteiger charge is -2.18. The Hall–Kier alpha value is -3.85. The summed E-state index contributed by atoms with van der Waals surface area (Å²) in [5.41, 5.74) is 12.5. The molecule has 4 N–H and O–H groups in total. The highest BCUT2D eigenvalue weighted by atomic mass is 16.2. The van der Waals surface area contributed by atoms with Gasteiger partial charge in [0.25, 0.3) is 0 Å². The van der Waals surface area contributed by atoms with Gasteiger partial charge in [0, 0.05) is 5.92 Å². The molecule has 0 aliphatic heterocycles. The topological polar surface area (TPSA) is 69.1 Å². The number of carbonyl (C=O) groups is 1. The first-order valence-electron chi connectivity index (χ1n) is 8.88. The van der Waals surface area contributed by atoms with Crippen LogP contribution >= 0.6 is 0 Å². The highest BCUT2D eigenvalue weighted by Crippen LogP contribution is 2.31. The lowest BCUT2D eigenvalue weighted by atomic mass is 9.85. The number of urea groups is 1. The van der Waals surface area contributed by atoms with Crippen molar-refractivity contribution in [3.05, 3.63) is 147 Å². The first-order valence-corrected chi connectivity index (χ1v) is 8.88. The fourth-order valence-electron chi connectivity index (χ4n) is 2.51. The Kier molecular flexibility index (Phi) is 17.9. The van der Waals surface area contributed by atoms with Gasteiger partial charge >= 0.3 is 6.03 Å². The molecule has 0 bridgehead atoms. The van der Waals surface area contributed by atoms with Crippen LogP contribution < -0.4 is 11.5 Å². The minimum absolute atomic E-state index is 0.309. The van der Waals surface area contributed by atoms with E-state index in [9.17, 15) is 0 Å². The molecule has 0 unspecified atom stereocenters. The van der Waals surface area contributed by atoms with Gasteiger partial charge in [-0.2, -0.15) is 0 Å². The number of hydrogen-bond acceptors (Lipinski definition) is 1. The van der Waals surface area contributed by atoms with Crippen LogP contribution in [0.4, 0.5) is 4.79 Å². The highest BCUT2D eigenvalue weighted by Gasteiger charge is 2.15. The Balaban J connectivity index is 0. The second-order valence-electron chi connectivity index (χ2n) is 5.07. The molecule has 3 aromatic rings. The van der Waals surface area contributed by atoms with Crippen molar-refractivity contribution < 1.29 is 4.79 Å². The number of nitrogens with two attached hydrogens (primary N) is 2. The van der Waals surface area contributed by atoms with Crippen molar-refractivity contribution in [2.45, 2.75) is 5.92 Å². The third-order valence-corrected chi connectivity index (χ3v) is 3.40. The molecular formula is C26H32N2O. The maximum atomic E-state index is 9.00. The van der Waals surface area contributed by atoms with Gasteiger partial charge in [-0.1, -0.05) is 91.0 Å². The molecule has 3 nitrogen and oxygen atoms in total. The molecule has 152 valence electrons. The van der Waals surface area contributed by atoms with Crippen LogP contribution in [0.5, 0.6) is 0 Å². The number of rotatable bonds is 3. The Bertz CT molecular complexity index is 656. The maximum Gasteiger partial charge on any atom is 0.309 e. The van der Waals surface area contributed by atoms with Crippen molar-refractivity contribution >= 4 is 6.03 Å². The zero-order valence-electron chi connectivity index (χ0n) is 17.0. The first-order chi connectivity index (χ1) is 14.2. The van der Waals surface area contributed by atoms with Crippen LogP contribution in [0.15, 0.2) is 130 Å². The lowest BCUT2D eigenvalue weighted by Crippen LogP contribution is -2.18. The van der Waals surface area contributed by atoms with Gasteiger partial charge in [0.2, 0.25) is 0 Å². The van der Waals surface area contributed by atoms with Crippen LogP contribution in [0.2, 0.25) is 0 Å². The molecule has 0 saturated heterocycles. The summed E-state index contributed by atoms with van der Waals surface area (Å²) >= 11 is 0. The molecule has 0 fully saturated rings. The van der Waals surface area contributed by atoms with Gasteiger partial charge in [-0.05, 0) is 16.7 Å². The van der Waals surface area contributed by atoms with E-state index in [4.69, 9.17) is 4.79 Å². The molecule has 0 aliphatic carbocycles. The van der Waals surface area contributed by atoms with Crippen LogP contribution in [0, 0.1) is 0 Å². The van der Waals surface area contributed by atoms with E-state index in [0.717, 1.165) is 0 Å². The highest BCUT2D eigenvalue weighted by molar-refractivity contribution is 5.69. The van der Waals surface area contributed by atoms with Gasteiger partial charge in [-0.15, -0.1) is 39.5 Å². The normalized spacial score (nSPS) is 8.17. The van der Waals surface area contributed by atoms with Crippen LogP contribution in [-0.4, -0.2) is 6.03 Å². The summed E-state index contributed by atoms with van der Waals surface area (Å²) in [6.45, 7) is 18.0. The fraction of sp³-hybridized carbons (Fsp3) is 0.0385. The van der Waals surface area contributed by atoms with Gasteiger partial charge in [0.15, 0.2) is 0 Å². The number of amides is 2. The Labute approximate surface area is 175 Å². The second kappa shape index (κ2) is 18.9. The predicted octanol–water partition coefficient (Wildman–Crippen LogP) is 6.30. The maximum absolute atomic E-state index is 9.00. The SMILES string of the molecule is C=C.C=C.C=C.NC(N)=O.c1ccc(C(c2ccccc2)c2ccccc2)cc1. The van der Waals surface area contributed by atoms with E-state index < -0.39 is 6.03 Å². The van der Waals surface area contributed by atoms with Crippen molar-refractivity contribution in [2.75, 3.05) is 0 Å². The zero-order chi connectivity index (χ0) is 22.5. The third kappa shape index (κ3) is 11.5. The largest absolute Gasteiger partial charge is 0.352 e. The molecule has 0 radical (unpaired) electrons. The average Bonchev–Trinajstić information content (AvgIpc) is 2.80. The van der Waals surface area contributed by atoms with E-state index >= 15 is 0 Å². The molecule has 29 heavy (non-hydrogen) atoms. The van der Waals surface area contributed by atoms with Crippen molar-refractivity contribution in [3.8, 4) is 0 Å². The molecule has 3 aromatic carbocycles. The number of primary amides is 2. The molecule has 0 aliphatic rings. The summed E-state index contributed by atoms with van der Waals surface area (Å²) in [5, 5.41) is 0. The van der Waals surface area contributed by atoms with Crippen LogP contribution in [0.25, 0.3) is 0 Å². The van der Waals surface area contributed by atoms with E-state index in [-0.39, 0.29) is 0 Å². The van der Waals surface area contributed by atoms with E-state index in [1.807, 2.05) is 0 Å². The molecule has 3 heteroatoms. The van der Waals surface area contributed by atoms with Crippen molar-refractivity contribution in [2.24, 2.45) is 11.5 Å². The molecule has 2 amide bonds. The number of carbonyl (C=O) groups excluding carboxylic acids is 1. The van der Waals surface area contributed by atoms with Crippen LogP contribution in [0.3, 0.4) is 0 Å². The molecule has 0 saturated carbocycles. The monoisotopic (exact) mass is 388 g/mol. The summed E-state index contributed by atoms with van der Waals surface area (Å²) in [4.78, 5) is 9.00. The Morgan fingerprint density at radius 1 is 0.517 bits per heavy atom. The molecule has 0 atom stereocenters. The third-order valence-electron chi connectivity index (χ3n) is 3.40. The lowest BCUT2D eigenvalue weighted by molar-refractivity contribution is 0.256. The average molecular weight is 389 g/mol. The molecule has 0 spiro atoms. The Morgan fingerprint density at radius 2 is 0.690 bits per heavy atom. The molecule has 0 aromatic heterocycles. The quantitative estimate of drug-likeness (QED) is 0.401. The molecule has 0 heterocycles. The zero-order valence-corrected chi connectivity index (χ0v) is 17.0. The van der Waals surface area contributed by atoms with E-state index in [2.05, 4.69) is 142 Å². The standard InChI is InChI=1S/C19H16.3C2H4.CH4N2O/c1-4-10-16(11-5-1)19(17-12-6-2-7-13-17)18-14-8-3-9-15-18;3*1-2;2-1(3)4/h1-15,19H;3*1-2H2;(H4,2,3,4). The Morgan fingerprint density at radius 3 is 0.862 bits per heavy atom. The van der Waals surface area contributed by atoms with Gasteiger partial charge in [-0.3, -0.25) is 0 Å². The van der Waals surface area contributed by atoms with Gasteiger partial charge in [0.05, 0.1) is 0 Å². The summed E-state index contributed by atoms with van der Waals surface area (Å²) in [6.07, 6.45) is 0. The molecular weight excluding hydrogens is 356 g/mol. The van der Waals surface area contributed by atoms with Crippen molar-refractivity contribution in [1.29, 1.82) is 0 Å². The predicted molar refractivity (Wildman–Crippen MR) is 128 cm³/mol. The van der Waals surface area contributed by atoms with E-state index in [1.54, 1.807) is 0 Å². The summed E-state index contributed by atoms with van der Waals surface area (Å²) < 4.78 is 0. The smallest absolute Gasteiger partial charge is 0.309 e. The number of benzene rings is 3. The van der Waals surface area contributed by atoms with Crippen molar-refractivity contribution in [3.63, 3.8) is 0 Å². The minimum Gasteiger partial charge on any atom is -0.352 e. The van der Waals surface area contributed by atoms with E-state index in [1.165, 1.54) is 16.7 Å². The summed E-state index contributed by atoms with van der Waals surface area (Å²) in [6, 6.07) is 31.2. The first kappa shape index (κ1) is 27.4. The van der Waals surface area contributed by atoms with Gasteiger partial charge < -0.3 is 11.5 Å². The van der Waals surface area contributed by atoms with Crippen molar-refractivity contribution in [1.82, 2.24) is 0 Å². The summed E-state index contributed by atoms with van der Waals surface area (Å²) in [5.74, 6) is 0.309. The second-order valence-corrected chi connectivity index (χ2v) is 5.07. The van der Waals surface area contributed by atoms with Gasteiger partial charge in [-0.25, -0.2) is 4.79 Å². The van der Waals surface area contributed by atoms with Crippen LogP contribution in [-0.2, 0) is 0 Å². The van der Waals surface area contributed by atoms with E-state index in [0.29, 0.717) is 5.92 Å². The minimum atomic E-state index is -0.833. The van der Waals surface area contributed by atoms with Crippen LogP contribution in [0.1, 0.15) is 22.6 Å². The fourth-order valence-corrected chi connectivity index (χ4v) is 2.51. The van der Waals surface area contributed by atoms with Gasteiger partial charge in [0.1, 0.15) is 0 Å². The summed E-state index contributed by atoms with van der Waals surface area (Å²) in [7, 11) is 0.